The van der Waals surface area contributed by atoms with Crippen molar-refractivity contribution in [2.45, 2.75) is 12.8 Å². The molecule has 0 amide bonds. The average Bonchev–Trinajstić information content (AvgIpc) is 2.84. The van der Waals surface area contributed by atoms with Gasteiger partial charge in [-0.1, -0.05) is 54.6 Å². The molecule has 2 aromatic heterocycles. The smallest absolute Gasteiger partial charge is 0.310 e. The van der Waals surface area contributed by atoms with E-state index >= 15 is 0 Å². The molecule has 2 heterocycles. The van der Waals surface area contributed by atoms with Crippen molar-refractivity contribution in [2.75, 3.05) is 0 Å². The zero-order chi connectivity index (χ0) is 22.8. The van der Waals surface area contributed by atoms with Crippen molar-refractivity contribution in [3.8, 4) is 11.1 Å². The molecule has 4 nitrogen and oxygen atoms in total. The molecule has 1 atom stereocenters. The van der Waals surface area contributed by atoms with E-state index in [1.165, 1.54) is 6.07 Å². The number of aliphatic carboxylic acids is 1. The third-order valence-corrected chi connectivity index (χ3v) is 4.83. The maximum Gasteiger partial charge on any atom is 0.310 e. The van der Waals surface area contributed by atoms with E-state index in [9.17, 15) is 9.18 Å². The number of rotatable bonds is 5. The number of carbonyl (C=O) groups is 1. The number of benzene rings is 2. The van der Waals surface area contributed by atoms with Crippen molar-refractivity contribution in [2.24, 2.45) is 0 Å². The lowest BCUT2D eigenvalue weighted by atomic mass is 9.97. The van der Waals surface area contributed by atoms with Crippen LogP contribution in [0, 0.1) is 5.82 Å². The molecule has 0 aliphatic carbocycles. The zero-order valence-corrected chi connectivity index (χ0v) is 17.6. The van der Waals surface area contributed by atoms with Gasteiger partial charge in [0, 0.05) is 30.4 Å². The summed E-state index contributed by atoms with van der Waals surface area (Å²) in [5, 5.41) is 8.89. The maximum absolute atomic E-state index is 14.0. The Kier molecular flexibility index (Phi) is 7.98. The molecule has 0 aliphatic heterocycles. The Labute approximate surface area is 186 Å². The topological polar surface area (TPSA) is 63.1 Å². The largest absolute Gasteiger partial charge is 0.481 e. The number of aromatic nitrogens is 2. The molecule has 1 N–H and O–H groups in total. The predicted molar refractivity (Wildman–Crippen MR) is 125 cm³/mol. The molecular formula is C27H23FN2O2. The number of pyridine rings is 2. The summed E-state index contributed by atoms with van der Waals surface area (Å²) >= 11 is 0. The first kappa shape index (κ1) is 22.6. The van der Waals surface area contributed by atoms with E-state index in [1.807, 2.05) is 54.6 Å². The summed E-state index contributed by atoms with van der Waals surface area (Å²) in [5.41, 5.74) is 4.04. The summed E-state index contributed by atoms with van der Waals surface area (Å²) in [6.07, 6.45) is 11.2. The zero-order valence-electron chi connectivity index (χ0n) is 17.6. The van der Waals surface area contributed by atoms with Gasteiger partial charge in [0.2, 0.25) is 0 Å². The number of hydrogen-bond acceptors (Lipinski definition) is 3. The molecule has 2 aromatic carbocycles. The second kappa shape index (κ2) is 11.3. The quantitative estimate of drug-likeness (QED) is 0.405. The van der Waals surface area contributed by atoms with Gasteiger partial charge in [0.25, 0.3) is 0 Å². The van der Waals surface area contributed by atoms with Gasteiger partial charge in [0.05, 0.1) is 5.92 Å². The van der Waals surface area contributed by atoms with Crippen LogP contribution in [0.5, 0.6) is 0 Å². The van der Waals surface area contributed by atoms with Gasteiger partial charge in [-0.3, -0.25) is 14.8 Å². The molecule has 5 heteroatoms. The monoisotopic (exact) mass is 426 g/mol. The average molecular weight is 426 g/mol. The van der Waals surface area contributed by atoms with E-state index in [0.717, 1.165) is 16.7 Å². The summed E-state index contributed by atoms with van der Waals surface area (Å²) in [6.45, 7) is 1.54. The molecule has 1 unspecified atom stereocenters. The van der Waals surface area contributed by atoms with E-state index in [0.29, 0.717) is 11.1 Å². The highest BCUT2D eigenvalue weighted by molar-refractivity contribution is 5.76. The maximum atomic E-state index is 14.0. The second-order valence-electron chi connectivity index (χ2n) is 7.06. The molecular weight excluding hydrogens is 403 g/mol. The lowest BCUT2D eigenvalue weighted by molar-refractivity contribution is -0.138. The molecule has 0 spiro atoms. The fraction of sp³-hybridized carbons (Fsp3) is 0.0741. The second-order valence-corrected chi connectivity index (χ2v) is 7.06. The van der Waals surface area contributed by atoms with E-state index in [2.05, 4.69) is 22.1 Å². The van der Waals surface area contributed by atoms with E-state index < -0.39 is 17.7 Å². The first-order valence-corrected chi connectivity index (χ1v) is 10.1. The summed E-state index contributed by atoms with van der Waals surface area (Å²) in [4.78, 5) is 18.8. The predicted octanol–water partition coefficient (Wildman–Crippen LogP) is 6.33. The molecule has 160 valence electrons. The Morgan fingerprint density at radius 3 is 1.84 bits per heavy atom. The third kappa shape index (κ3) is 6.44. The number of nitrogens with zero attached hydrogens (tertiary/aromatic N) is 2. The highest BCUT2D eigenvalue weighted by atomic mass is 19.1. The standard InChI is InChI=1S/C15H13FO2.C12H10N2/c1-10(15(17)18)12-7-8-13(14(16)9-12)11-5-3-2-4-6-11;1(11-3-7-13-8-4-11)2-12-5-9-14-10-6-12/h2-10H,1H3,(H,17,18);1-10H/b;2-1+. The van der Waals surface area contributed by atoms with Gasteiger partial charge in [-0.15, -0.1) is 0 Å². The van der Waals surface area contributed by atoms with Crippen LogP contribution in [0.25, 0.3) is 23.3 Å². The minimum Gasteiger partial charge on any atom is -0.481 e. The van der Waals surface area contributed by atoms with Crippen LogP contribution in [0.3, 0.4) is 0 Å². The third-order valence-electron chi connectivity index (χ3n) is 4.83. The van der Waals surface area contributed by atoms with Crippen molar-refractivity contribution >= 4 is 18.1 Å². The van der Waals surface area contributed by atoms with Crippen molar-refractivity contribution < 1.29 is 14.3 Å². The van der Waals surface area contributed by atoms with Gasteiger partial charge >= 0.3 is 5.97 Å². The first-order valence-electron chi connectivity index (χ1n) is 10.1. The summed E-state index contributed by atoms with van der Waals surface area (Å²) in [5.74, 6) is -2.06. The van der Waals surface area contributed by atoms with Crippen LogP contribution in [-0.2, 0) is 4.79 Å². The van der Waals surface area contributed by atoms with Gasteiger partial charge in [-0.05, 0) is 59.5 Å². The molecule has 0 fully saturated rings. The molecule has 0 radical (unpaired) electrons. The van der Waals surface area contributed by atoms with Gasteiger partial charge in [-0.25, -0.2) is 4.39 Å². The fourth-order valence-corrected chi connectivity index (χ4v) is 2.94. The SMILES string of the molecule is C(=C\c1ccncc1)/c1ccncc1.CC(C(=O)O)c1ccc(-c2ccccc2)c(F)c1. The normalized spacial score (nSPS) is 11.4. The Balaban J connectivity index is 0.000000186. The van der Waals surface area contributed by atoms with E-state index in [1.54, 1.807) is 43.8 Å². The van der Waals surface area contributed by atoms with Crippen LogP contribution >= 0.6 is 0 Å². The lowest BCUT2D eigenvalue weighted by Gasteiger charge is -2.09. The van der Waals surface area contributed by atoms with Crippen LogP contribution in [-0.4, -0.2) is 21.0 Å². The summed E-state index contributed by atoms with van der Waals surface area (Å²) < 4.78 is 14.0. The molecule has 0 saturated heterocycles. The van der Waals surface area contributed by atoms with Gasteiger partial charge in [0.15, 0.2) is 0 Å². The number of carboxylic acid groups (broad SMARTS) is 1. The van der Waals surface area contributed by atoms with Crippen LogP contribution < -0.4 is 0 Å². The van der Waals surface area contributed by atoms with Gasteiger partial charge in [-0.2, -0.15) is 0 Å². The number of carboxylic acids is 1. The Hall–Kier alpha value is -4.12. The first-order chi connectivity index (χ1) is 15.5. The van der Waals surface area contributed by atoms with Crippen LogP contribution in [0.4, 0.5) is 4.39 Å². The van der Waals surface area contributed by atoms with Crippen LogP contribution in [0.2, 0.25) is 0 Å². The van der Waals surface area contributed by atoms with Gasteiger partial charge < -0.3 is 5.11 Å². The Bertz CT molecular complexity index is 1120. The van der Waals surface area contributed by atoms with Crippen molar-refractivity contribution in [3.05, 3.63) is 120 Å². The number of hydrogen-bond donors (Lipinski definition) is 1. The van der Waals surface area contributed by atoms with Crippen LogP contribution in [0.1, 0.15) is 29.5 Å². The van der Waals surface area contributed by atoms with Crippen LogP contribution in [0.15, 0.2) is 97.6 Å². The minimum atomic E-state index is -0.957. The van der Waals surface area contributed by atoms with Gasteiger partial charge in [0.1, 0.15) is 5.82 Å². The van der Waals surface area contributed by atoms with Crippen molar-refractivity contribution in [1.29, 1.82) is 0 Å². The molecule has 32 heavy (non-hydrogen) atoms. The summed E-state index contributed by atoms with van der Waals surface area (Å²) in [7, 11) is 0. The van der Waals surface area contributed by atoms with Crippen molar-refractivity contribution in [3.63, 3.8) is 0 Å². The Morgan fingerprint density at radius 1 is 0.844 bits per heavy atom. The molecule has 0 bridgehead atoms. The minimum absolute atomic E-state index is 0.396. The number of halogens is 1. The molecule has 0 saturated carbocycles. The highest BCUT2D eigenvalue weighted by Crippen LogP contribution is 2.26. The molecule has 4 aromatic rings. The Morgan fingerprint density at radius 2 is 1.38 bits per heavy atom. The van der Waals surface area contributed by atoms with E-state index in [4.69, 9.17) is 5.11 Å². The lowest BCUT2D eigenvalue weighted by Crippen LogP contribution is -2.07. The van der Waals surface area contributed by atoms with E-state index in [-0.39, 0.29) is 0 Å². The summed E-state index contributed by atoms with van der Waals surface area (Å²) in [6, 6.07) is 21.6. The highest BCUT2D eigenvalue weighted by Gasteiger charge is 2.15. The van der Waals surface area contributed by atoms with Crippen molar-refractivity contribution in [1.82, 2.24) is 9.97 Å². The molecule has 4 rings (SSSR count). The molecule has 0 aliphatic rings. The fourth-order valence-electron chi connectivity index (χ4n) is 2.94.